The molecule has 3 rings (SSSR count). The molecular weight excluding hydrogens is 202 g/mol. The van der Waals surface area contributed by atoms with Gasteiger partial charge >= 0.3 is 0 Å². The summed E-state index contributed by atoms with van der Waals surface area (Å²) in [7, 11) is 0. The molecule has 0 aliphatic carbocycles. The van der Waals surface area contributed by atoms with Gasteiger partial charge in [0.15, 0.2) is 0 Å². The lowest BCUT2D eigenvalue weighted by atomic mass is 9.91. The Bertz CT molecular complexity index is 326. The molecule has 0 amide bonds. The van der Waals surface area contributed by atoms with Gasteiger partial charge in [0, 0.05) is 11.5 Å². The fraction of sp³-hybridized carbons (Fsp3) is 0.538. The molecule has 15 heavy (non-hydrogen) atoms. The van der Waals surface area contributed by atoms with Crippen molar-refractivity contribution in [2.45, 2.75) is 18.4 Å². The predicted molar refractivity (Wildman–Crippen MR) is 66.3 cm³/mol. The van der Waals surface area contributed by atoms with Gasteiger partial charge in [-0.15, -0.1) is 0 Å². The molecule has 2 heterocycles. The third-order valence-corrected chi connectivity index (χ3v) is 5.07. The second kappa shape index (κ2) is 3.84. The van der Waals surface area contributed by atoms with E-state index in [2.05, 4.69) is 47.0 Å². The van der Waals surface area contributed by atoms with Crippen LogP contribution in [0.1, 0.15) is 18.4 Å². The van der Waals surface area contributed by atoms with E-state index in [-0.39, 0.29) is 0 Å². The molecule has 2 heteroatoms. The average molecular weight is 219 g/mol. The average Bonchev–Trinajstić information content (AvgIpc) is 2.72. The van der Waals surface area contributed by atoms with E-state index in [4.69, 9.17) is 0 Å². The zero-order valence-electron chi connectivity index (χ0n) is 8.98. The first-order valence-electron chi connectivity index (χ1n) is 5.80. The largest absolute Gasteiger partial charge is 0.292 e. The molecule has 2 aliphatic rings. The molecular formula is C13H17NS. The van der Waals surface area contributed by atoms with Crippen molar-refractivity contribution in [3.63, 3.8) is 0 Å². The van der Waals surface area contributed by atoms with Gasteiger partial charge in [-0.2, -0.15) is 11.8 Å². The number of hydrogen-bond donors (Lipinski definition) is 0. The summed E-state index contributed by atoms with van der Waals surface area (Å²) in [5, 5.41) is 0. The van der Waals surface area contributed by atoms with Crippen LogP contribution in [-0.2, 0) is 5.54 Å². The van der Waals surface area contributed by atoms with Crippen LogP contribution in [0, 0.1) is 0 Å². The Hall–Kier alpha value is -0.470. The van der Waals surface area contributed by atoms with Crippen LogP contribution in [0.5, 0.6) is 0 Å². The van der Waals surface area contributed by atoms with Crippen molar-refractivity contribution >= 4 is 11.8 Å². The van der Waals surface area contributed by atoms with Gasteiger partial charge in [-0.1, -0.05) is 30.3 Å². The van der Waals surface area contributed by atoms with E-state index in [0.717, 1.165) is 0 Å². The van der Waals surface area contributed by atoms with Crippen LogP contribution in [-0.4, -0.2) is 29.5 Å². The summed E-state index contributed by atoms with van der Waals surface area (Å²) in [6.07, 6.45) is 2.78. The monoisotopic (exact) mass is 219 g/mol. The lowest BCUT2D eigenvalue weighted by Gasteiger charge is -2.48. The molecule has 0 saturated carbocycles. The Labute approximate surface area is 95.9 Å². The highest BCUT2D eigenvalue weighted by Crippen LogP contribution is 2.44. The summed E-state index contributed by atoms with van der Waals surface area (Å²) in [6, 6.07) is 11.1. The van der Waals surface area contributed by atoms with Crippen molar-refractivity contribution in [3.8, 4) is 0 Å². The third-order valence-electron chi connectivity index (χ3n) is 3.70. The lowest BCUT2D eigenvalue weighted by molar-refractivity contribution is 0.153. The number of rotatable bonds is 2. The van der Waals surface area contributed by atoms with Crippen LogP contribution < -0.4 is 0 Å². The number of hydrogen-bond acceptors (Lipinski definition) is 2. The highest BCUT2D eigenvalue weighted by Gasteiger charge is 2.45. The highest BCUT2D eigenvalue weighted by atomic mass is 32.2. The van der Waals surface area contributed by atoms with E-state index in [0.29, 0.717) is 5.54 Å². The summed E-state index contributed by atoms with van der Waals surface area (Å²) in [5.74, 6) is 2.58. The minimum Gasteiger partial charge on any atom is -0.292 e. The number of benzene rings is 1. The van der Waals surface area contributed by atoms with Crippen molar-refractivity contribution in [2.24, 2.45) is 0 Å². The van der Waals surface area contributed by atoms with E-state index in [1.165, 1.54) is 43.0 Å². The Morgan fingerprint density at radius 3 is 2.20 bits per heavy atom. The van der Waals surface area contributed by atoms with Crippen molar-refractivity contribution in [3.05, 3.63) is 35.9 Å². The Balaban J connectivity index is 1.92. The van der Waals surface area contributed by atoms with Crippen LogP contribution in [0.25, 0.3) is 0 Å². The molecule has 2 fully saturated rings. The summed E-state index contributed by atoms with van der Waals surface area (Å²) in [4.78, 5) is 2.71. The Morgan fingerprint density at radius 1 is 1.00 bits per heavy atom. The maximum Gasteiger partial charge on any atom is 0.0642 e. The van der Waals surface area contributed by atoms with Crippen LogP contribution >= 0.6 is 11.8 Å². The van der Waals surface area contributed by atoms with E-state index >= 15 is 0 Å². The van der Waals surface area contributed by atoms with Crippen molar-refractivity contribution in [1.82, 2.24) is 4.90 Å². The summed E-state index contributed by atoms with van der Waals surface area (Å²) < 4.78 is 0. The SMILES string of the molecule is c1ccc(C2(N3CCCC3)CSC2)cc1. The topological polar surface area (TPSA) is 3.24 Å². The van der Waals surface area contributed by atoms with E-state index in [1.807, 2.05) is 0 Å². The molecule has 80 valence electrons. The first kappa shape index (κ1) is 9.73. The molecule has 2 saturated heterocycles. The fourth-order valence-corrected chi connectivity index (χ4v) is 4.01. The molecule has 0 aromatic heterocycles. The van der Waals surface area contributed by atoms with E-state index in [1.54, 1.807) is 0 Å². The molecule has 2 aliphatic heterocycles. The second-order valence-corrected chi connectivity index (χ2v) is 5.57. The predicted octanol–water partition coefficient (Wildman–Crippen LogP) is 2.72. The third kappa shape index (κ3) is 1.51. The Kier molecular flexibility index (Phi) is 2.49. The van der Waals surface area contributed by atoms with Gasteiger partial charge in [-0.05, 0) is 31.5 Å². The maximum absolute atomic E-state index is 2.71. The number of likely N-dealkylation sites (tertiary alicyclic amines) is 1. The zero-order chi connectivity index (χ0) is 10.1. The van der Waals surface area contributed by atoms with Gasteiger partial charge in [-0.3, -0.25) is 4.90 Å². The molecule has 0 radical (unpaired) electrons. The normalized spacial score (nSPS) is 25.1. The van der Waals surface area contributed by atoms with Gasteiger partial charge in [0.2, 0.25) is 0 Å². The molecule has 0 atom stereocenters. The van der Waals surface area contributed by atoms with Crippen LogP contribution in [0.3, 0.4) is 0 Å². The maximum atomic E-state index is 2.71. The number of thioether (sulfide) groups is 1. The molecule has 0 spiro atoms. The lowest BCUT2D eigenvalue weighted by Crippen LogP contribution is -2.54. The van der Waals surface area contributed by atoms with Crippen LogP contribution in [0.15, 0.2) is 30.3 Å². The Morgan fingerprint density at radius 2 is 1.67 bits per heavy atom. The van der Waals surface area contributed by atoms with Crippen LogP contribution in [0.2, 0.25) is 0 Å². The molecule has 0 unspecified atom stereocenters. The van der Waals surface area contributed by atoms with Crippen molar-refractivity contribution in [1.29, 1.82) is 0 Å². The smallest absolute Gasteiger partial charge is 0.0642 e. The van der Waals surface area contributed by atoms with Crippen molar-refractivity contribution < 1.29 is 0 Å². The highest BCUT2D eigenvalue weighted by molar-refractivity contribution is 8.00. The minimum absolute atomic E-state index is 0.391. The minimum atomic E-state index is 0.391. The van der Waals surface area contributed by atoms with Gasteiger partial charge in [0.05, 0.1) is 5.54 Å². The fourth-order valence-electron chi connectivity index (χ4n) is 2.72. The van der Waals surface area contributed by atoms with Gasteiger partial charge in [0.25, 0.3) is 0 Å². The molecule has 0 N–H and O–H groups in total. The molecule has 1 aromatic carbocycles. The van der Waals surface area contributed by atoms with Crippen molar-refractivity contribution in [2.75, 3.05) is 24.6 Å². The van der Waals surface area contributed by atoms with E-state index in [9.17, 15) is 0 Å². The summed E-state index contributed by atoms with van der Waals surface area (Å²) in [5.41, 5.74) is 1.92. The quantitative estimate of drug-likeness (QED) is 0.752. The molecule has 0 bridgehead atoms. The molecule has 1 aromatic rings. The first-order valence-corrected chi connectivity index (χ1v) is 6.96. The first-order chi connectivity index (χ1) is 7.42. The summed E-state index contributed by atoms with van der Waals surface area (Å²) in [6.45, 7) is 2.60. The standard InChI is InChI=1S/C13H17NS/c1-2-6-12(7-3-1)13(10-15-11-13)14-8-4-5-9-14/h1-3,6-7H,4-5,8-11H2. The number of nitrogens with zero attached hydrogens (tertiary/aromatic N) is 1. The summed E-state index contributed by atoms with van der Waals surface area (Å²) >= 11 is 2.08. The molecule has 1 nitrogen and oxygen atoms in total. The van der Waals surface area contributed by atoms with Crippen LogP contribution in [0.4, 0.5) is 0 Å². The second-order valence-electron chi connectivity index (χ2n) is 4.58. The van der Waals surface area contributed by atoms with Gasteiger partial charge < -0.3 is 0 Å². The van der Waals surface area contributed by atoms with Gasteiger partial charge in [-0.25, -0.2) is 0 Å². The van der Waals surface area contributed by atoms with Gasteiger partial charge in [0.1, 0.15) is 0 Å². The van der Waals surface area contributed by atoms with E-state index < -0.39 is 0 Å². The zero-order valence-corrected chi connectivity index (χ0v) is 9.80.